The van der Waals surface area contributed by atoms with E-state index in [-0.39, 0.29) is 17.2 Å². The van der Waals surface area contributed by atoms with E-state index in [2.05, 4.69) is 38.8 Å². The molecule has 1 saturated heterocycles. The van der Waals surface area contributed by atoms with Gasteiger partial charge in [-0.2, -0.15) is 0 Å². The molecule has 1 aliphatic rings. The molecule has 1 aliphatic heterocycles. The average molecular weight is 292 g/mol. The number of hydrogen-bond acceptors (Lipinski definition) is 4. The summed E-state index contributed by atoms with van der Waals surface area (Å²) in [5.74, 6) is 1.33. The highest BCUT2D eigenvalue weighted by Gasteiger charge is 2.33. The van der Waals surface area contributed by atoms with Crippen LogP contribution in [0.25, 0.3) is 0 Å². The van der Waals surface area contributed by atoms with Gasteiger partial charge in [0.2, 0.25) is 0 Å². The molecule has 1 heterocycles. The zero-order chi connectivity index (χ0) is 15.8. The van der Waals surface area contributed by atoms with E-state index in [1.54, 1.807) is 7.11 Å². The third-order valence-electron chi connectivity index (χ3n) is 4.50. The van der Waals surface area contributed by atoms with Crippen LogP contribution in [-0.4, -0.2) is 37.3 Å². The Balaban J connectivity index is 2.48. The van der Waals surface area contributed by atoms with Crippen LogP contribution >= 0.6 is 0 Å². The molecular weight excluding hydrogens is 264 g/mol. The largest absolute Gasteiger partial charge is 0.504 e. The second-order valence-corrected chi connectivity index (χ2v) is 7.16. The van der Waals surface area contributed by atoms with Crippen LogP contribution in [0.4, 0.5) is 0 Å². The Kier molecular flexibility index (Phi) is 4.49. The molecule has 21 heavy (non-hydrogen) atoms. The Morgan fingerprint density at radius 2 is 2.05 bits per heavy atom. The number of methoxy groups -OCH3 is 1. The minimum absolute atomic E-state index is 0.0110. The summed E-state index contributed by atoms with van der Waals surface area (Å²) < 4.78 is 5.47. The number of likely N-dealkylation sites (tertiary alicyclic amines) is 1. The number of hydrogen-bond donors (Lipinski definition) is 2. The second-order valence-electron chi connectivity index (χ2n) is 7.16. The molecule has 0 aliphatic carbocycles. The van der Waals surface area contributed by atoms with Gasteiger partial charge in [-0.1, -0.05) is 20.8 Å². The summed E-state index contributed by atoms with van der Waals surface area (Å²) in [6.45, 7) is 8.15. The SMILES string of the molecule is COc1c(O)cc(C(C)(C)C)cc1C1CC(CN)CN1C. The highest BCUT2D eigenvalue weighted by atomic mass is 16.5. The van der Waals surface area contributed by atoms with Crippen molar-refractivity contribution in [2.75, 3.05) is 27.2 Å². The van der Waals surface area contributed by atoms with E-state index >= 15 is 0 Å². The number of nitrogens with zero attached hydrogens (tertiary/aromatic N) is 1. The molecule has 1 aromatic rings. The van der Waals surface area contributed by atoms with Gasteiger partial charge in [0.25, 0.3) is 0 Å². The fourth-order valence-corrected chi connectivity index (χ4v) is 3.18. The summed E-state index contributed by atoms with van der Waals surface area (Å²) in [4.78, 5) is 2.31. The first kappa shape index (κ1) is 16.1. The maximum atomic E-state index is 10.3. The van der Waals surface area contributed by atoms with Gasteiger partial charge in [0.15, 0.2) is 11.5 Å². The maximum absolute atomic E-state index is 10.3. The molecule has 0 amide bonds. The van der Waals surface area contributed by atoms with Crippen LogP contribution in [0.2, 0.25) is 0 Å². The fourth-order valence-electron chi connectivity index (χ4n) is 3.18. The number of ether oxygens (including phenoxy) is 1. The van der Waals surface area contributed by atoms with Gasteiger partial charge >= 0.3 is 0 Å². The van der Waals surface area contributed by atoms with Gasteiger partial charge in [-0.05, 0) is 49.0 Å². The van der Waals surface area contributed by atoms with Gasteiger partial charge in [-0.15, -0.1) is 0 Å². The van der Waals surface area contributed by atoms with Crippen molar-refractivity contribution in [1.29, 1.82) is 0 Å². The monoisotopic (exact) mass is 292 g/mol. The lowest BCUT2D eigenvalue weighted by Crippen LogP contribution is -2.21. The lowest BCUT2D eigenvalue weighted by molar-refractivity contribution is 0.297. The summed E-state index contributed by atoms with van der Waals surface area (Å²) in [5.41, 5.74) is 8.01. The lowest BCUT2D eigenvalue weighted by atomic mass is 9.84. The normalized spacial score (nSPS) is 23.5. The van der Waals surface area contributed by atoms with E-state index in [0.29, 0.717) is 18.2 Å². The van der Waals surface area contributed by atoms with Gasteiger partial charge in [-0.3, -0.25) is 4.90 Å². The van der Waals surface area contributed by atoms with Crippen LogP contribution in [0.15, 0.2) is 12.1 Å². The van der Waals surface area contributed by atoms with E-state index in [0.717, 1.165) is 24.1 Å². The van der Waals surface area contributed by atoms with E-state index in [1.165, 1.54) is 0 Å². The van der Waals surface area contributed by atoms with Crippen molar-refractivity contribution in [2.45, 2.75) is 38.6 Å². The van der Waals surface area contributed by atoms with E-state index in [9.17, 15) is 5.11 Å². The molecule has 3 N–H and O–H groups in total. The molecule has 0 bridgehead atoms. The van der Waals surface area contributed by atoms with Gasteiger partial charge in [0.05, 0.1) is 7.11 Å². The Morgan fingerprint density at radius 3 is 2.52 bits per heavy atom. The summed E-state index contributed by atoms with van der Waals surface area (Å²) in [6, 6.07) is 4.25. The number of phenols is 1. The molecule has 0 saturated carbocycles. The summed E-state index contributed by atoms with van der Waals surface area (Å²) in [6.07, 6.45) is 1.01. The first-order chi connectivity index (χ1) is 9.77. The third kappa shape index (κ3) is 3.16. The van der Waals surface area contributed by atoms with Crippen LogP contribution in [0.1, 0.15) is 44.4 Å². The van der Waals surface area contributed by atoms with Crippen molar-refractivity contribution < 1.29 is 9.84 Å². The first-order valence-electron chi connectivity index (χ1n) is 7.59. The molecule has 0 radical (unpaired) electrons. The fraction of sp³-hybridized carbons (Fsp3) is 0.647. The number of rotatable bonds is 3. The number of phenolic OH excluding ortho intramolecular Hbond substituents is 1. The van der Waals surface area contributed by atoms with Gasteiger partial charge < -0.3 is 15.6 Å². The van der Waals surface area contributed by atoms with Crippen molar-refractivity contribution in [3.05, 3.63) is 23.3 Å². The Morgan fingerprint density at radius 1 is 1.38 bits per heavy atom. The Bertz CT molecular complexity index is 508. The summed E-state index contributed by atoms with van der Waals surface area (Å²) >= 11 is 0. The number of nitrogens with two attached hydrogens (primary N) is 1. The van der Waals surface area contributed by atoms with Crippen LogP contribution in [0.3, 0.4) is 0 Å². The average Bonchev–Trinajstić information content (AvgIpc) is 2.78. The quantitative estimate of drug-likeness (QED) is 0.899. The van der Waals surface area contributed by atoms with Crippen molar-refractivity contribution in [1.82, 2.24) is 4.90 Å². The Labute approximate surface area is 127 Å². The van der Waals surface area contributed by atoms with Crippen LogP contribution in [0, 0.1) is 5.92 Å². The van der Waals surface area contributed by atoms with E-state index in [4.69, 9.17) is 10.5 Å². The lowest BCUT2D eigenvalue weighted by Gasteiger charge is -2.26. The Hall–Kier alpha value is -1.26. The van der Waals surface area contributed by atoms with E-state index < -0.39 is 0 Å². The van der Waals surface area contributed by atoms with Crippen LogP contribution in [0.5, 0.6) is 11.5 Å². The highest BCUT2D eigenvalue weighted by molar-refractivity contribution is 5.51. The number of aromatic hydroxyl groups is 1. The molecule has 0 aromatic heterocycles. The standard InChI is InChI=1S/C17H28N2O2/c1-17(2,3)12-7-13(16(21-5)15(20)8-12)14-6-11(9-18)10-19(14)4/h7-8,11,14,20H,6,9-10,18H2,1-5H3. The first-order valence-corrected chi connectivity index (χ1v) is 7.59. The molecule has 2 rings (SSSR count). The second kappa shape index (κ2) is 5.85. The molecule has 4 nitrogen and oxygen atoms in total. The molecule has 4 heteroatoms. The van der Waals surface area contributed by atoms with Crippen molar-refractivity contribution >= 4 is 0 Å². The zero-order valence-electron chi connectivity index (χ0n) is 13.8. The molecule has 118 valence electrons. The molecule has 0 spiro atoms. The molecular formula is C17H28N2O2. The minimum atomic E-state index is -0.0110. The minimum Gasteiger partial charge on any atom is -0.504 e. The van der Waals surface area contributed by atoms with Gasteiger partial charge in [0, 0.05) is 18.2 Å². The summed E-state index contributed by atoms with van der Waals surface area (Å²) in [7, 11) is 3.73. The molecule has 2 atom stereocenters. The zero-order valence-corrected chi connectivity index (χ0v) is 13.8. The third-order valence-corrected chi connectivity index (χ3v) is 4.50. The van der Waals surface area contributed by atoms with Crippen LogP contribution in [-0.2, 0) is 5.41 Å². The molecule has 1 aromatic carbocycles. The number of benzene rings is 1. The van der Waals surface area contributed by atoms with Crippen molar-refractivity contribution in [3.63, 3.8) is 0 Å². The van der Waals surface area contributed by atoms with Crippen molar-refractivity contribution in [3.8, 4) is 11.5 Å². The predicted octanol–water partition coefficient (Wildman–Crippen LogP) is 2.65. The predicted molar refractivity (Wildman–Crippen MR) is 85.9 cm³/mol. The topological polar surface area (TPSA) is 58.7 Å². The molecule has 1 fully saturated rings. The van der Waals surface area contributed by atoms with Gasteiger partial charge in [-0.25, -0.2) is 0 Å². The van der Waals surface area contributed by atoms with Crippen molar-refractivity contribution in [2.24, 2.45) is 11.7 Å². The van der Waals surface area contributed by atoms with Crippen LogP contribution < -0.4 is 10.5 Å². The highest BCUT2D eigenvalue weighted by Crippen LogP contribution is 2.44. The smallest absolute Gasteiger partial charge is 0.165 e. The molecule has 2 unspecified atom stereocenters. The van der Waals surface area contributed by atoms with E-state index in [1.807, 2.05) is 6.07 Å². The summed E-state index contributed by atoms with van der Waals surface area (Å²) in [5, 5.41) is 10.3. The van der Waals surface area contributed by atoms with Gasteiger partial charge in [0.1, 0.15) is 0 Å². The maximum Gasteiger partial charge on any atom is 0.165 e.